The number of nitrogens with zero attached hydrogens (tertiary/aromatic N) is 2. The van der Waals surface area contributed by atoms with Gasteiger partial charge >= 0.3 is 6.03 Å². The molecule has 2 aliphatic carbocycles. The number of carbonyl (C=O) groups excluding carboxylic acids is 1. The topological polar surface area (TPSA) is 214 Å². The number of hydrogen-bond acceptors (Lipinski definition) is 11. The number of sulfonamides is 1. The summed E-state index contributed by atoms with van der Waals surface area (Å²) in [6.45, 7) is -1.04. The maximum absolute atomic E-state index is 13.7. The van der Waals surface area contributed by atoms with E-state index in [1.165, 1.54) is 23.5 Å². The van der Waals surface area contributed by atoms with Gasteiger partial charge in [0.15, 0.2) is 0 Å². The highest BCUT2D eigenvalue weighted by molar-refractivity contribution is 7.89. The van der Waals surface area contributed by atoms with E-state index in [2.05, 4.69) is 20.9 Å². The third-order valence-corrected chi connectivity index (χ3v) is 12.2. The Balaban J connectivity index is 1.17. The minimum atomic E-state index is -4.03. The summed E-state index contributed by atoms with van der Waals surface area (Å²) in [5.74, 6) is 0.835. The van der Waals surface area contributed by atoms with Crippen LogP contribution in [0.3, 0.4) is 0 Å². The van der Waals surface area contributed by atoms with E-state index in [9.17, 15) is 33.6 Å². The molecule has 0 spiro atoms. The lowest BCUT2D eigenvalue weighted by Crippen LogP contribution is -2.56. The van der Waals surface area contributed by atoms with Gasteiger partial charge in [0.1, 0.15) is 29.0 Å². The van der Waals surface area contributed by atoms with E-state index in [1.54, 1.807) is 6.20 Å². The third kappa shape index (κ3) is 10.2. The summed E-state index contributed by atoms with van der Waals surface area (Å²) in [5, 5.41) is 56.7. The number of rotatable bonds is 20. The Morgan fingerprint density at radius 2 is 1.75 bits per heavy atom. The first kappa shape index (κ1) is 41.1. The first-order valence-corrected chi connectivity index (χ1v) is 19.7. The van der Waals surface area contributed by atoms with Gasteiger partial charge in [0.2, 0.25) is 10.0 Å². The van der Waals surface area contributed by atoms with Gasteiger partial charge in [0, 0.05) is 55.2 Å². The molecule has 290 valence electrons. The number of halogens is 2. The summed E-state index contributed by atoms with van der Waals surface area (Å²) in [7, 11) is -2.59. The van der Waals surface area contributed by atoms with Crippen molar-refractivity contribution in [2.24, 2.45) is 0 Å². The Labute approximate surface area is 319 Å². The van der Waals surface area contributed by atoms with Gasteiger partial charge in [-0.25, -0.2) is 17.5 Å². The number of nitrogens with one attached hydrogen (secondary N) is 3. The third-order valence-electron chi connectivity index (χ3n) is 9.53. The second kappa shape index (κ2) is 18.0. The van der Waals surface area contributed by atoms with E-state index >= 15 is 0 Å². The number of ether oxygens (including phenoxy) is 1. The Morgan fingerprint density at radius 1 is 1.02 bits per heavy atom. The van der Waals surface area contributed by atoms with E-state index in [-0.39, 0.29) is 41.2 Å². The lowest BCUT2D eigenvalue weighted by Gasteiger charge is -2.28. The van der Waals surface area contributed by atoms with Crippen molar-refractivity contribution < 1.29 is 43.5 Å². The number of unbranched alkanes of at least 4 members (excludes halogenated alkanes) is 1. The van der Waals surface area contributed by atoms with E-state index in [0.29, 0.717) is 23.4 Å². The number of urea groups is 1. The molecular formula is C36H47Cl2N5O9S. The number of carbonyl (C=O) groups is 1. The predicted molar refractivity (Wildman–Crippen MR) is 199 cm³/mol. The highest BCUT2D eigenvalue weighted by atomic mass is 35.5. The lowest BCUT2D eigenvalue weighted by atomic mass is 9.94. The van der Waals surface area contributed by atoms with Crippen molar-refractivity contribution in [3.8, 4) is 16.9 Å². The van der Waals surface area contributed by atoms with Crippen LogP contribution < -0.4 is 20.7 Å². The normalized spacial score (nSPS) is 17.5. The fourth-order valence-electron chi connectivity index (χ4n) is 5.98. The maximum Gasteiger partial charge on any atom is 0.315 e. The molecule has 2 saturated carbocycles. The summed E-state index contributed by atoms with van der Waals surface area (Å²) in [5.41, 5.74) is 3.22. The number of para-hydroxylation sites is 1. The molecule has 1 heterocycles. The van der Waals surface area contributed by atoms with Crippen LogP contribution >= 0.6 is 23.2 Å². The van der Waals surface area contributed by atoms with Gasteiger partial charge in [-0.15, -0.1) is 0 Å². The number of aromatic nitrogens is 1. The maximum atomic E-state index is 13.7. The van der Waals surface area contributed by atoms with Gasteiger partial charge < -0.3 is 46.2 Å². The highest BCUT2D eigenvalue weighted by Gasteiger charge is 2.46. The second-order valence-corrected chi connectivity index (χ2v) is 16.3. The predicted octanol–water partition coefficient (Wildman–Crippen LogP) is 2.51. The molecule has 2 amide bonds. The number of aliphatic hydroxyl groups is 5. The minimum absolute atomic E-state index is 0.0101. The average molecular weight is 797 g/mol. The van der Waals surface area contributed by atoms with E-state index in [4.69, 9.17) is 33.0 Å². The van der Waals surface area contributed by atoms with Gasteiger partial charge in [0.05, 0.1) is 30.4 Å². The Hall–Kier alpha value is -3.09. The molecule has 5 rings (SSSR count). The fraction of sp³-hybridized carbons (Fsp3) is 0.500. The van der Waals surface area contributed by atoms with Crippen LogP contribution in [0.5, 0.6) is 5.75 Å². The zero-order valence-corrected chi connectivity index (χ0v) is 31.6. The molecule has 0 saturated heterocycles. The fourth-order valence-corrected chi connectivity index (χ4v) is 8.03. The monoisotopic (exact) mass is 795 g/mol. The van der Waals surface area contributed by atoms with Crippen molar-refractivity contribution in [3.05, 3.63) is 76.0 Å². The van der Waals surface area contributed by atoms with E-state index in [1.807, 2.05) is 36.5 Å². The zero-order chi connectivity index (χ0) is 38.3. The van der Waals surface area contributed by atoms with Gasteiger partial charge in [-0.2, -0.15) is 0 Å². The Kier molecular flexibility index (Phi) is 14.0. The Morgan fingerprint density at radius 3 is 2.43 bits per heavy atom. The van der Waals surface area contributed by atoms with Gasteiger partial charge in [-0.05, 0) is 79.5 Å². The van der Waals surface area contributed by atoms with Crippen LogP contribution in [0.25, 0.3) is 11.1 Å². The molecule has 14 nitrogen and oxygen atoms in total. The van der Waals surface area contributed by atoms with Crippen molar-refractivity contribution in [2.45, 2.75) is 86.0 Å². The van der Waals surface area contributed by atoms with Gasteiger partial charge in [-0.1, -0.05) is 41.4 Å². The van der Waals surface area contributed by atoms with Crippen molar-refractivity contribution in [3.63, 3.8) is 0 Å². The number of hydrogen-bond donors (Lipinski definition) is 8. The van der Waals surface area contributed by atoms with Crippen LogP contribution in [0, 0.1) is 0 Å². The summed E-state index contributed by atoms with van der Waals surface area (Å²) >= 11 is 13.1. The van der Waals surface area contributed by atoms with Crippen LogP contribution in [0.1, 0.15) is 49.7 Å². The summed E-state index contributed by atoms with van der Waals surface area (Å²) in [6, 6.07) is 10.8. The summed E-state index contributed by atoms with van der Waals surface area (Å²) in [4.78, 5) is 16.6. The molecule has 53 heavy (non-hydrogen) atoms. The smallest absolute Gasteiger partial charge is 0.315 e. The molecule has 1 aromatic heterocycles. The van der Waals surface area contributed by atoms with Crippen LogP contribution in [0.15, 0.2) is 59.8 Å². The molecular weight excluding hydrogens is 749 g/mol. The molecule has 0 radical (unpaired) electrons. The molecule has 0 unspecified atom stereocenters. The summed E-state index contributed by atoms with van der Waals surface area (Å²) < 4.78 is 34.7. The second-order valence-electron chi connectivity index (χ2n) is 13.5. The molecule has 8 N–H and O–H groups in total. The zero-order valence-electron chi connectivity index (χ0n) is 29.3. The van der Waals surface area contributed by atoms with Gasteiger partial charge in [-0.3, -0.25) is 4.98 Å². The van der Waals surface area contributed by atoms with Crippen LogP contribution in [0.4, 0.5) is 4.79 Å². The van der Waals surface area contributed by atoms with Crippen molar-refractivity contribution >= 4 is 39.3 Å². The van der Waals surface area contributed by atoms with Crippen molar-refractivity contribution in [2.75, 3.05) is 33.4 Å². The largest absolute Gasteiger partial charge is 0.490 e. The van der Waals surface area contributed by atoms with Crippen LogP contribution in [-0.4, -0.2) is 113 Å². The number of benzene rings is 2. The number of aliphatic hydroxyl groups excluding tert-OH is 5. The highest BCUT2D eigenvalue weighted by Crippen LogP contribution is 2.50. The van der Waals surface area contributed by atoms with Crippen LogP contribution in [0.2, 0.25) is 10.0 Å². The standard InChI is InChI=1S/C36H47Cl2N5O9S/c1-43(15-5-4-13-40-35(49)42-29(20-44)33(47)34(48)30(46)21-45)53(50,51)32-16-22(27(37)17-28(32)38)18-41-36(11-12-36)26-19-39-14-10-24(26)25-6-2-3-7-31(25)52-23-8-9-23/h2-3,6-7,10,14,16-17,19,23,29-30,33-34,41,44-48H,4-5,8-9,11-13,15,18,20-21H2,1H3,(H2,40,42,49)/t29-,30+,33+,34+/m0/s1. The van der Waals surface area contributed by atoms with E-state index < -0.39 is 53.6 Å². The van der Waals surface area contributed by atoms with Crippen LogP contribution in [-0.2, 0) is 22.1 Å². The lowest BCUT2D eigenvalue weighted by molar-refractivity contribution is -0.0902. The summed E-state index contributed by atoms with van der Waals surface area (Å²) in [6.07, 6.45) is 3.23. The molecule has 2 aromatic carbocycles. The molecule has 17 heteroatoms. The van der Waals surface area contributed by atoms with Crippen molar-refractivity contribution in [1.82, 2.24) is 25.2 Å². The van der Waals surface area contributed by atoms with Gasteiger partial charge in [0.25, 0.3) is 0 Å². The quantitative estimate of drug-likeness (QED) is 0.0779. The minimum Gasteiger partial charge on any atom is -0.490 e. The van der Waals surface area contributed by atoms with Crippen molar-refractivity contribution in [1.29, 1.82) is 0 Å². The molecule has 0 bridgehead atoms. The molecule has 2 fully saturated rings. The molecule has 3 aromatic rings. The first-order chi connectivity index (χ1) is 25.3. The molecule has 4 atom stereocenters. The molecule has 0 aliphatic heterocycles. The Bertz CT molecular complexity index is 1830. The van der Waals surface area contributed by atoms with E-state index in [0.717, 1.165) is 48.1 Å². The number of pyridine rings is 1. The molecule has 2 aliphatic rings. The SMILES string of the molecule is CN(CCCCNC(=O)N[C@@H](CO)[C@@H](O)[C@H](O)[C@H](O)CO)S(=O)(=O)c1cc(CNC2(c3cnccc3-c3ccccc3OC3CC3)CC2)c(Cl)cc1Cl. The number of amides is 2. The first-order valence-electron chi connectivity index (χ1n) is 17.5. The average Bonchev–Trinajstić information content (AvgIpc) is 4.10.